The van der Waals surface area contributed by atoms with Gasteiger partial charge in [0.05, 0.1) is 19.0 Å². The first kappa shape index (κ1) is 17.8. The van der Waals surface area contributed by atoms with Crippen molar-refractivity contribution in [1.82, 2.24) is 9.62 Å². The van der Waals surface area contributed by atoms with E-state index in [-0.39, 0.29) is 30.4 Å². The Morgan fingerprint density at radius 1 is 1.39 bits per heavy atom. The molecule has 1 atom stereocenters. The molecule has 128 valence electrons. The molecule has 1 unspecified atom stereocenters. The molecule has 6 nitrogen and oxygen atoms in total. The molecule has 9 heteroatoms. The highest BCUT2D eigenvalue weighted by molar-refractivity contribution is 7.89. The highest BCUT2D eigenvalue weighted by Gasteiger charge is 2.29. The molecule has 1 aromatic carbocycles. The summed E-state index contributed by atoms with van der Waals surface area (Å²) in [6, 6.07) is 2.49. The normalized spacial score (nSPS) is 19.5. The fourth-order valence-electron chi connectivity index (χ4n) is 2.28. The second-order valence-electron chi connectivity index (χ2n) is 5.24. The average Bonchev–Trinajstić information content (AvgIpc) is 2.50. The first-order valence-corrected chi connectivity index (χ1v) is 8.72. The van der Waals surface area contributed by atoms with Crippen LogP contribution in [0.15, 0.2) is 18.2 Å². The first-order valence-electron chi connectivity index (χ1n) is 7.12. The number of nitrogens with one attached hydrogen (secondary N) is 1. The molecule has 1 aliphatic rings. The number of carbonyl (C=O) groups is 1. The number of carbonyl (C=O) groups excluding carboxylic acids is 1. The van der Waals surface area contributed by atoms with Gasteiger partial charge in [-0.1, -0.05) is 0 Å². The van der Waals surface area contributed by atoms with Gasteiger partial charge in [0.25, 0.3) is 5.91 Å². The lowest BCUT2D eigenvalue weighted by atomic mass is 10.2. The maximum Gasteiger partial charge on any atom is 0.251 e. The molecule has 0 aromatic heterocycles. The van der Waals surface area contributed by atoms with E-state index in [0.29, 0.717) is 13.2 Å². The number of rotatable bonds is 5. The molecule has 0 aliphatic carbocycles. The molecule has 23 heavy (non-hydrogen) atoms. The highest BCUT2D eigenvalue weighted by Crippen LogP contribution is 2.12. The minimum Gasteiger partial charge on any atom is -0.378 e. The van der Waals surface area contributed by atoms with Crippen LogP contribution in [-0.2, 0) is 14.8 Å². The van der Waals surface area contributed by atoms with Crippen LogP contribution in [0.3, 0.4) is 0 Å². The zero-order valence-electron chi connectivity index (χ0n) is 12.6. The van der Waals surface area contributed by atoms with E-state index in [1.165, 1.54) is 4.31 Å². The predicted octanol–water partition coefficient (Wildman–Crippen LogP) is 0.745. The van der Waals surface area contributed by atoms with E-state index >= 15 is 0 Å². The number of halogens is 2. The van der Waals surface area contributed by atoms with Crippen LogP contribution in [0.2, 0.25) is 0 Å². The van der Waals surface area contributed by atoms with Gasteiger partial charge in [-0.2, -0.15) is 4.31 Å². The molecule has 0 bridgehead atoms. The van der Waals surface area contributed by atoms with Crippen molar-refractivity contribution in [2.45, 2.75) is 13.0 Å². The second kappa shape index (κ2) is 7.33. The molecule has 0 spiro atoms. The number of nitrogens with zero attached hydrogens (tertiary/aromatic N) is 1. The number of sulfonamides is 1. The fourth-order valence-corrected chi connectivity index (χ4v) is 3.83. The molecule has 0 saturated carbocycles. The second-order valence-corrected chi connectivity index (χ2v) is 7.28. The van der Waals surface area contributed by atoms with E-state index in [0.717, 1.165) is 18.2 Å². The van der Waals surface area contributed by atoms with Gasteiger partial charge in [-0.15, -0.1) is 0 Å². The molecule has 1 fully saturated rings. The quantitative estimate of drug-likeness (QED) is 0.852. The summed E-state index contributed by atoms with van der Waals surface area (Å²) in [5.74, 6) is -3.11. The number of hydrogen-bond donors (Lipinski definition) is 1. The van der Waals surface area contributed by atoms with Crippen molar-refractivity contribution in [3.63, 3.8) is 0 Å². The number of morpholine rings is 1. The van der Waals surface area contributed by atoms with Crippen LogP contribution in [0.4, 0.5) is 8.78 Å². The summed E-state index contributed by atoms with van der Waals surface area (Å²) < 4.78 is 56.9. The summed E-state index contributed by atoms with van der Waals surface area (Å²) in [6.45, 7) is 2.58. The Morgan fingerprint density at radius 2 is 2.13 bits per heavy atom. The number of hydrogen-bond acceptors (Lipinski definition) is 4. The van der Waals surface area contributed by atoms with Crippen molar-refractivity contribution in [2.75, 3.05) is 32.1 Å². The molecule has 2 rings (SSSR count). The van der Waals surface area contributed by atoms with Crippen LogP contribution < -0.4 is 5.32 Å². The van der Waals surface area contributed by atoms with E-state index in [4.69, 9.17) is 4.74 Å². The Balaban J connectivity index is 1.90. The molecular formula is C14H18F2N2O4S. The number of benzene rings is 1. The van der Waals surface area contributed by atoms with Gasteiger partial charge in [0.15, 0.2) is 11.6 Å². The third-order valence-corrected chi connectivity index (χ3v) is 5.47. The van der Waals surface area contributed by atoms with E-state index < -0.39 is 27.6 Å². The Bertz CT molecular complexity index is 681. The molecular weight excluding hydrogens is 330 g/mol. The molecule has 1 aliphatic heterocycles. The lowest BCUT2D eigenvalue weighted by Crippen LogP contribution is -2.49. The summed E-state index contributed by atoms with van der Waals surface area (Å²) in [4.78, 5) is 11.8. The molecule has 1 saturated heterocycles. The van der Waals surface area contributed by atoms with Gasteiger partial charge in [-0.3, -0.25) is 4.79 Å². The monoisotopic (exact) mass is 348 g/mol. The number of ether oxygens (including phenoxy) is 1. The summed E-state index contributed by atoms with van der Waals surface area (Å²) in [5.41, 5.74) is -0.0685. The summed E-state index contributed by atoms with van der Waals surface area (Å²) >= 11 is 0. The van der Waals surface area contributed by atoms with Crippen LogP contribution in [0.5, 0.6) is 0 Å². The van der Waals surface area contributed by atoms with Gasteiger partial charge >= 0.3 is 0 Å². The largest absolute Gasteiger partial charge is 0.378 e. The van der Waals surface area contributed by atoms with Gasteiger partial charge in [-0.25, -0.2) is 17.2 Å². The average molecular weight is 348 g/mol. The Kier molecular flexibility index (Phi) is 5.66. The summed E-state index contributed by atoms with van der Waals surface area (Å²) in [5, 5.41) is 2.39. The maximum absolute atomic E-state index is 13.1. The van der Waals surface area contributed by atoms with E-state index in [9.17, 15) is 22.0 Å². The third-order valence-electron chi connectivity index (χ3n) is 3.49. The van der Waals surface area contributed by atoms with Gasteiger partial charge in [-0.05, 0) is 25.1 Å². The minimum absolute atomic E-state index is 0.0685. The van der Waals surface area contributed by atoms with Gasteiger partial charge < -0.3 is 10.1 Å². The van der Waals surface area contributed by atoms with Crippen molar-refractivity contribution >= 4 is 15.9 Å². The highest BCUT2D eigenvalue weighted by atomic mass is 32.2. The number of amides is 1. The van der Waals surface area contributed by atoms with Crippen LogP contribution in [0.1, 0.15) is 17.3 Å². The first-order chi connectivity index (χ1) is 10.8. The van der Waals surface area contributed by atoms with E-state index in [1.54, 1.807) is 6.92 Å². The van der Waals surface area contributed by atoms with Crippen molar-refractivity contribution in [3.05, 3.63) is 35.4 Å². The van der Waals surface area contributed by atoms with Gasteiger partial charge in [0.2, 0.25) is 10.0 Å². The lowest BCUT2D eigenvalue weighted by molar-refractivity contribution is 0.0393. The van der Waals surface area contributed by atoms with Crippen LogP contribution in [-0.4, -0.2) is 56.7 Å². The zero-order valence-corrected chi connectivity index (χ0v) is 13.4. The molecule has 1 heterocycles. The van der Waals surface area contributed by atoms with E-state index in [2.05, 4.69) is 5.32 Å². The Labute approximate surface area is 133 Å². The Hall–Kier alpha value is -1.58. The van der Waals surface area contributed by atoms with Gasteiger partial charge in [0, 0.05) is 24.7 Å². The lowest BCUT2D eigenvalue weighted by Gasteiger charge is -2.32. The fraction of sp³-hybridized carbons (Fsp3) is 0.500. The molecule has 0 radical (unpaired) electrons. The third kappa shape index (κ3) is 4.46. The predicted molar refractivity (Wildman–Crippen MR) is 79.5 cm³/mol. The smallest absolute Gasteiger partial charge is 0.251 e. The zero-order chi connectivity index (χ0) is 17.0. The molecule has 1 amide bonds. The SMILES string of the molecule is CC1COCCN1S(=O)(=O)CCNC(=O)c1ccc(F)c(F)c1. The Morgan fingerprint density at radius 3 is 2.78 bits per heavy atom. The summed E-state index contributed by atoms with van der Waals surface area (Å²) in [7, 11) is -3.52. The molecule has 1 aromatic rings. The minimum atomic E-state index is -3.52. The summed E-state index contributed by atoms with van der Waals surface area (Å²) in [6.07, 6.45) is 0. The van der Waals surface area contributed by atoms with Crippen molar-refractivity contribution in [2.24, 2.45) is 0 Å². The van der Waals surface area contributed by atoms with Crippen LogP contribution in [0, 0.1) is 11.6 Å². The standard InChI is InChI=1S/C14H18F2N2O4S/c1-10-9-22-6-5-18(10)23(20,21)7-4-17-14(19)11-2-3-12(15)13(16)8-11/h2-3,8,10H,4-7,9H2,1H3,(H,17,19). The van der Waals surface area contributed by atoms with Gasteiger partial charge in [0.1, 0.15) is 0 Å². The maximum atomic E-state index is 13.1. The van der Waals surface area contributed by atoms with E-state index in [1.807, 2.05) is 0 Å². The van der Waals surface area contributed by atoms with Crippen LogP contribution in [0.25, 0.3) is 0 Å². The molecule has 1 N–H and O–H groups in total. The van der Waals surface area contributed by atoms with Crippen molar-refractivity contribution in [1.29, 1.82) is 0 Å². The topological polar surface area (TPSA) is 75.7 Å². The van der Waals surface area contributed by atoms with Crippen molar-refractivity contribution in [3.8, 4) is 0 Å². The van der Waals surface area contributed by atoms with Crippen molar-refractivity contribution < 1.29 is 26.7 Å². The van der Waals surface area contributed by atoms with Crippen LogP contribution >= 0.6 is 0 Å².